The van der Waals surface area contributed by atoms with Crippen LogP contribution in [0.2, 0.25) is 0 Å². The molecule has 6 nitrogen and oxygen atoms in total. The zero-order chi connectivity index (χ0) is 17.1. The lowest BCUT2D eigenvalue weighted by atomic mass is 10.0. The van der Waals surface area contributed by atoms with Gasteiger partial charge in [-0.15, -0.1) is 0 Å². The van der Waals surface area contributed by atoms with Crippen molar-refractivity contribution < 1.29 is 19.0 Å². The first kappa shape index (κ1) is 16.6. The van der Waals surface area contributed by atoms with Crippen LogP contribution in [0.15, 0.2) is 36.5 Å². The number of rotatable bonds is 5. The summed E-state index contributed by atoms with van der Waals surface area (Å²) in [6.45, 7) is 0.419. The number of benzene rings is 1. The van der Waals surface area contributed by atoms with Crippen LogP contribution >= 0.6 is 0 Å². The van der Waals surface area contributed by atoms with Crippen molar-refractivity contribution in [3.63, 3.8) is 0 Å². The zero-order valence-corrected chi connectivity index (χ0v) is 13.4. The average Bonchev–Trinajstić information content (AvgIpc) is 3.13. The van der Waals surface area contributed by atoms with Gasteiger partial charge in [0.25, 0.3) is 0 Å². The minimum Gasteiger partial charge on any atom is -0.391 e. The molecule has 1 aliphatic rings. The maximum Gasteiger partial charge on any atom is 0.249 e. The number of aromatic nitrogens is 2. The number of carbonyl (C=O) groups excluding carboxylic acids is 1. The first-order valence-electron chi connectivity index (χ1n) is 7.82. The Labute approximate surface area is 139 Å². The fraction of sp³-hybridized carbons (Fsp3) is 0.412. The van der Waals surface area contributed by atoms with Crippen molar-refractivity contribution in [1.29, 1.82) is 0 Å². The van der Waals surface area contributed by atoms with E-state index in [4.69, 9.17) is 4.74 Å². The topological polar surface area (TPSA) is 67.6 Å². The molecule has 0 unspecified atom stereocenters. The van der Waals surface area contributed by atoms with E-state index < -0.39 is 6.10 Å². The SMILES string of the molecule is Cn1nccc1COCC(=O)N1C[C@@H](O)C[C@@H]1c1cccc(F)c1. The van der Waals surface area contributed by atoms with Crippen LogP contribution in [0.5, 0.6) is 0 Å². The summed E-state index contributed by atoms with van der Waals surface area (Å²) in [5.41, 5.74) is 1.55. The Morgan fingerprint density at radius 3 is 3.00 bits per heavy atom. The number of ether oxygens (including phenoxy) is 1. The smallest absolute Gasteiger partial charge is 0.249 e. The third-order valence-electron chi connectivity index (χ3n) is 4.23. The number of carbonyl (C=O) groups is 1. The molecule has 1 fully saturated rings. The number of nitrogens with zero attached hydrogens (tertiary/aromatic N) is 3. The van der Waals surface area contributed by atoms with Crippen LogP contribution < -0.4 is 0 Å². The highest BCUT2D eigenvalue weighted by Crippen LogP contribution is 2.32. The second-order valence-corrected chi connectivity index (χ2v) is 5.95. The van der Waals surface area contributed by atoms with Crippen molar-refractivity contribution in [2.45, 2.75) is 25.2 Å². The lowest BCUT2D eigenvalue weighted by molar-refractivity contribution is -0.137. The molecule has 0 radical (unpaired) electrons. The van der Waals surface area contributed by atoms with Crippen molar-refractivity contribution in [2.24, 2.45) is 7.05 Å². The van der Waals surface area contributed by atoms with E-state index in [0.717, 1.165) is 5.69 Å². The summed E-state index contributed by atoms with van der Waals surface area (Å²) in [5.74, 6) is -0.572. The van der Waals surface area contributed by atoms with Gasteiger partial charge in [0, 0.05) is 19.8 Å². The summed E-state index contributed by atoms with van der Waals surface area (Å²) in [6.07, 6.45) is 1.45. The molecule has 0 aliphatic carbocycles. The normalized spacial score (nSPS) is 20.5. The van der Waals surface area contributed by atoms with Gasteiger partial charge in [0.2, 0.25) is 5.91 Å². The van der Waals surface area contributed by atoms with Crippen LogP contribution in [0.3, 0.4) is 0 Å². The highest BCUT2D eigenvalue weighted by atomic mass is 19.1. The number of aliphatic hydroxyl groups is 1. The third kappa shape index (κ3) is 3.63. The van der Waals surface area contributed by atoms with E-state index in [1.807, 2.05) is 6.07 Å². The highest BCUT2D eigenvalue weighted by molar-refractivity contribution is 5.78. The summed E-state index contributed by atoms with van der Waals surface area (Å²) in [6, 6.07) is 7.62. The maximum absolute atomic E-state index is 13.4. The summed E-state index contributed by atoms with van der Waals surface area (Å²) >= 11 is 0. The molecule has 7 heteroatoms. The van der Waals surface area contributed by atoms with Gasteiger partial charge in [-0.3, -0.25) is 9.48 Å². The van der Waals surface area contributed by atoms with Crippen LogP contribution in [0, 0.1) is 5.82 Å². The molecule has 1 aliphatic heterocycles. The maximum atomic E-state index is 13.4. The standard InChI is InChI=1S/C17H20FN3O3/c1-20-14(5-6-19-20)10-24-11-17(23)21-9-15(22)8-16(21)12-3-2-4-13(18)7-12/h2-7,15-16,22H,8-11H2,1H3/t15-,16+/m0/s1. The number of aliphatic hydroxyl groups excluding tert-OH is 1. The van der Waals surface area contributed by atoms with E-state index in [-0.39, 0.29) is 37.5 Å². The highest BCUT2D eigenvalue weighted by Gasteiger charge is 2.35. The van der Waals surface area contributed by atoms with Gasteiger partial charge in [0.1, 0.15) is 12.4 Å². The molecular formula is C17H20FN3O3. The van der Waals surface area contributed by atoms with E-state index in [1.54, 1.807) is 35.0 Å². The summed E-state index contributed by atoms with van der Waals surface area (Å²) in [7, 11) is 1.80. The molecule has 1 aromatic carbocycles. The van der Waals surface area contributed by atoms with Crippen LogP contribution in [0.4, 0.5) is 4.39 Å². The van der Waals surface area contributed by atoms with Gasteiger partial charge in [0.15, 0.2) is 0 Å². The average molecular weight is 333 g/mol. The molecule has 1 saturated heterocycles. The van der Waals surface area contributed by atoms with Gasteiger partial charge in [0.05, 0.1) is 24.4 Å². The molecule has 2 aromatic rings. The van der Waals surface area contributed by atoms with Crippen molar-refractivity contribution in [3.8, 4) is 0 Å². The number of hydrogen-bond donors (Lipinski definition) is 1. The molecule has 0 spiro atoms. The molecule has 3 rings (SSSR count). The Kier molecular flexibility index (Phi) is 4.92. The molecule has 1 aromatic heterocycles. The second kappa shape index (κ2) is 7.11. The van der Waals surface area contributed by atoms with Gasteiger partial charge >= 0.3 is 0 Å². The fourth-order valence-corrected chi connectivity index (χ4v) is 2.99. The Morgan fingerprint density at radius 1 is 1.46 bits per heavy atom. The molecule has 128 valence electrons. The van der Waals surface area contributed by atoms with Crippen LogP contribution in [-0.2, 0) is 23.2 Å². The number of amides is 1. The van der Waals surface area contributed by atoms with Crippen molar-refractivity contribution in [1.82, 2.24) is 14.7 Å². The van der Waals surface area contributed by atoms with E-state index >= 15 is 0 Å². The first-order valence-corrected chi connectivity index (χ1v) is 7.82. The second-order valence-electron chi connectivity index (χ2n) is 5.95. The van der Waals surface area contributed by atoms with Gasteiger partial charge in [-0.05, 0) is 30.2 Å². The van der Waals surface area contributed by atoms with Crippen LogP contribution in [0.25, 0.3) is 0 Å². The Morgan fingerprint density at radius 2 is 2.29 bits per heavy atom. The minimum atomic E-state index is -0.612. The Bertz CT molecular complexity index is 719. The van der Waals surface area contributed by atoms with Gasteiger partial charge in [-0.25, -0.2) is 4.39 Å². The van der Waals surface area contributed by atoms with Crippen molar-refractivity contribution in [2.75, 3.05) is 13.2 Å². The van der Waals surface area contributed by atoms with Crippen LogP contribution in [0.1, 0.15) is 23.7 Å². The van der Waals surface area contributed by atoms with Crippen LogP contribution in [-0.4, -0.2) is 44.9 Å². The van der Waals surface area contributed by atoms with Gasteiger partial charge in [-0.1, -0.05) is 12.1 Å². The summed E-state index contributed by atoms with van der Waals surface area (Å²) < 4.78 is 20.6. The first-order chi connectivity index (χ1) is 11.5. The molecule has 2 atom stereocenters. The van der Waals surface area contributed by atoms with Crippen molar-refractivity contribution in [3.05, 3.63) is 53.6 Å². The predicted molar refractivity (Wildman–Crippen MR) is 84.3 cm³/mol. The number of likely N-dealkylation sites (tertiary alicyclic amines) is 1. The van der Waals surface area contributed by atoms with Gasteiger partial charge in [-0.2, -0.15) is 5.10 Å². The molecule has 2 heterocycles. The largest absolute Gasteiger partial charge is 0.391 e. The third-order valence-corrected chi connectivity index (χ3v) is 4.23. The number of β-amino-alcohol motifs (C(OH)–C–C–N with tert-alkyl or cyclic N) is 1. The zero-order valence-electron chi connectivity index (χ0n) is 13.4. The lowest BCUT2D eigenvalue weighted by Gasteiger charge is -2.24. The Balaban J connectivity index is 1.63. The van der Waals surface area contributed by atoms with Crippen molar-refractivity contribution >= 4 is 5.91 Å². The summed E-state index contributed by atoms with van der Waals surface area (Å²) in [4.78, 5) is 14.0. The minimum absolute atomic E-state index is 0.0935. The number of halogens is 1. The van der Waals surface area contributed by atoms with E-state index in [1.165, 1.54) is 12.1 Å². The number of aryl methyl sites for hydroxylation is 1. The molecule has 0 saturated carbocycles. The van der Waals surface area contributed by atoms with E-state index in [2.05, 4.69) is 5.10 Å². The summed E-state index contributed by atoms with van der Waals surface area (Å²) in [5, 5.41) is 14.0. The molecule has 1 amide bonds. The molecular weight excluding hydrogens is 313 g/mol. The van der Waals surface area contributed by atoms with E-state index in [9.17, 15) is 14.3 Å². The van der Waals surface area contributed by atoms with Gasteiger partial charge < -0.3 is 14.7 Å². The molecule has 0 bridgehead atoms. The fourth-order valence-electron chi connectivity index (χ4n) is 2.99. The monoisotopic (exact) mass is 333 g/mol. The Hall–Kier alpha value is -2.25. The lowest BCUT2D eigenvalue weighted by Crippen LogP contribution is -2.34. The predicted octanol–water partition coefficient (Wildman–Crippen LogP) is 1.41. The molecule has 24 heavy (non-hydrogen) atoms. The number of hydrogen-bond acceptors (Lipinski definition) is 4. The quantitative estimate of drug-likeness (QED) is 0.898. The van der Waals surface area contributed by atoms with E-state index in [0.29, 0.717) is 12.0 Å². The molecule has 1 N–H and O–H groups in total.